The number of hydrogen-bond acceptors (Lipinski definition) is 1. The lowest BCUT2D eigenvalue weighted by atomic mass is 9.76. The molecule has 2 rings (SSSR count). The normalized spacial score (nSPS) is 27.5. The van der Waals surface area contributed by atoms with Crippen LogP contribution in [0.1, 0.15) is 46.5 Å². The molecule has 0 aromatic carbocycles. The molecule has 0 N–H and O–H groups in total. The van der Waals surface area contributed by atoms with Crippen LogP contribution in [-0.2, 0) is 0 Å². The van der Waals surface area contributed by atoms with E-state index >= 15 is 0 Å². The maximum absolute atomic E-state index is 2.63. The molecule has 13 heavy (non-hydrogen) atoms. The standard InChI is InChI=1S/C12H21N/c1-10-6-4-8-13-9-5-7-12(2,3)11(10)13/h4-9H2,1-3H3. The molecule has 0 unspecified atom stereocenters. The second-order valence-electron chi connectivity index (χ2n) is 5.21. The van der Waals surface area contributed by atoms with Gasteiger partial charge in [0.05, 0.1) is 0 Å². The summed E-state index contributed by atoms with van der Waals surface area (Å²) in [6.07, 6.45) is 5.45. The van der Waals surface area contributed by atoms with E-state index in [1.165, 1.54) is 38.8 Å². The van der Waals surface area contributed by atoms with Crippen molar-refractivity contribution in [2.45, 2.75) is 46.5 Å². The topological polar surface area (TPSA) is 3.24 Å². The zero-order valence-corrected chi connectivity index (χ0v) is 9.19. The smallest absolute Gasteiger partial charge is 0.0179 e. The van der Waals surface area contributed by atoms with E-state index in [9.17, 15) is 0 Å². The Bertz CT molecular complexity index is 238. The van der Waals surface area contributed by atoms with Crippen molar-refractivity contribution >= 4 is 0 Å². The molecule has 1 heteroatoms. The lowest BCUT2D eigenvalue weighted by molar-refractivity contribution is 0.169. The Morgan fingerprint density at radius 2 is 1.85 bits per heavy atom. The van der Waals surface area contributed by atoms with Gasteiger partial charge < -0.3 is 4.90 Å². The monoisotopic (exact) mass is 179 g/mol. The zero-order valence-electron chi connectivity index (χ0n) is 9.19. The molecule has 1 fully saturated rings. The third-order valence-electron chi connectivity index (χ3n) is 3.57. The average Bonchev–Trinajstić information content (AvgIpc) is 2.02. The molecule has 0 aromatic rings. The van der Waals surface area contributed by atoms with Gasteiger partial charge in [-0.3, -0.25) is 0 Å². The summed E-state index contributed by atoms with van der Waals surface area (Å²) in [6, 6.07) is 0. The maximum atomic E-state index is 2.63. The fourth-order valence-corrected chi connectivity index (χ4v) is 3.09. The summed E-state index contributed by atoms with van der Waals surface area (Å²) in [5, 5.41) is 0. The van der Waals surface area contributed by atoms with Crippen molar-refractivity contribution in [1.82, 2.24) is 4.90 Å². The van der Waals surface area contributed by atoms with Gasteiger partial charge in [-0.05, 0) is 32.6 Å². The van der Waals surface area contributed by atoms with Crippen molar-refractivity contribution in [1.29, 1.82) is 0 Å². The largest absolute Gasteiger partial charge is 0.374 e. The summed E-state index contributed by atoms with van der Waals surface area (Å²) in [4.78, 5) is 2.63. The van der Waals surface area contributed by atoms with Crippen molar-refractivity contribution in [3.8, 4) is 0 Å². The Morgan fingerprint density at radius 1 is 1.15 bits per heavy atom. The first-order valence-corrected chi connectivity index (χ1v) is 5.56. The molecular weight excluding hydrogens is 158 g/mol. The van der Waals surface area contributed by atoms with Crippen molar-refractivity contribution in [3.63, 3.8) is 0 Å². The number of piperidine rings is 1. The highest BCUT2D eigenvalue weighted by Crippen LogP contribution is 2.42. The van der Waals surface area contributed by atoms with Crippen LogP contribution in [0.4, 0.5) is 0 Å². The molecule has 2 aliphatic heterocycles. The molecule has 1 nitrogen and oxygen atoms in total. The van der Waals surface area contributed by atoms with Gasteiger partial charge in [0.25, 0.3) is 0 Å². The van der Waals surface area contributed by atoms with Gasteiger partial charge in [-0.15, -0.1) is 0 Å². The summed E-state index contributed by atoms with van der Waals surface area (Å²) in [5.41, 5.74) is 3.77. The lowest BCUT2D eigenvalue weighted by Gasteiger charge is -2.46. The Labute approximate surface area is 81.8 Å². The van der Waals surface area contributed by atoms with Gasteiger partial charge in [0.15, 0.2) is 0 Å². The van der Waals surface area contributed by atoms with Gasteiger partial charge in [-0.25, -0.2) is 0 Å². The minimum Gasteiger partial charge on any atom is -0.374 e. The number of rotatable bonds is 0. The Kier molecular flexibility index (Phi) is 2.13. The van der Waals surface area contributed by atoms with E-state index in [-0.39, 0.29) is 0 Å². The Balaban J connectivity index is 2.35. The van der Waals surface area contributed by atoms with Crippen LogP contribution in [0.15, 0.2) is 11.3 Å². The van der Waals surface area contributed by atoms with Gasteiger partial charge in [0.1, 0.15) is 0 Å². The van der Waals surface area contributed by atoms with E-state index in [0.29, 0.717) is 5.41 Å². The summed E-state index contributed by atoms with van der Waals surface area (Å²) >= 11 is 0. The van der Waals surface area contributed by atoms with Crippen molar-refractivity contribution in [3.05, 3.63) is 11.3 Å². The molecule has 0 saturated carbocycles. The fraction of sp³-hybridized carbons (Fsp3) is 0.833. The quantitative estimate of drug-likeness (QED) is 0.552. The SMILES string of the molecule is CC1=C2N(CCC1)CCCC2(C)C. The minimum atomic E-state index is 0.447. The van der Waals surface area contributed by atoms with Crippen molar-refractivity contribution < 1.29 is 0 Å². The van der Waals surface area contributed by atoms with Crippen LogP contribution < -0.4 is 0 Å². The average molecular weight is 179 g/mol. The zero-order chi connectivity index (χ0) is 9.47. The molecule has 2 aliphatic rings. The second-order valence-corrected chi connectivity index (χ2v) is 5.21. The van der Waals surface area contributed by atoms with Crippen LogP contribution in [-0.4, -0.2) is 18.0 Å². The van der Waals surface area contributed by atoms with E-state index in [1.54, 1.807) is 11.3 Å². The highest BCUT2D eigenvalue weighted by atomic mass is 15.2. The molecule has 2 heterocycles. The van der Waals surface area contributed by atoms with Gasteiger partial charge in [-0.2, -0.15) is 0 Å². The third kappa shape index (κ3) is 1.49. The van der Waals surface area contributed by atoms with Crippen molar-refractivity contribution in [2.24, 2.45) is 5.41 Å². The van der Waals surface area contributed by atoms with Crippen LogP contribution in [0, 0.1) is 5.41 Å². The number of fused-ring (bicyclic) bond motifs is 1. The van der Waals surface area contributed by atoms with Crippen LogP contribution in [0.5, 0.6) is 0 Å². The summed E-state index contributed by atoms with van der Waals surface area (Å²) < 4.78 is 0. The predicted octanol–water partition coefficient (Wildman–Crippen LogP) is 3.18. The molecule has 0 spiro atoms. The number of hydrogen-bond donors (Lipinski definition) is 0. The highest BCUT2D eigenvalue weighted by Gasteiger charge is 2.34. The molecule has 1 saturated heterocycles. The molecule has 0 bridgehead atoms. The molecule has 0 amide bonds. The first-order valence-electron chi connectivity index (χ1n) is 5.56. The number of allylic oxidation sites excluding steroid dienone is 2. The third-order valence-corrected chi connectivity index (χ3v) is 3.57. The van der Waals surface area contributed by atoms with Gasteiger partial charge in [0.2, 0.25) is 0 Å². The molecular formula is C12H21N. The Hall–Kier alpha value is -0.460. The summed E-state index contributed by atoms with van der Waals surface area (Å²) in [6.45, 7) is 9.74. The van der Waals surface area contributed by atoms with Crippen LogP contribution >= 0.6 is 0 Å². The molecule has 0 atom stereocenters. The molecule has 74 valence electrons. The van der Waals surface area contributed by atoms with E-state index in [2.05, 4.69) is 25.7 Å². The van der Waals surface area contributed by atoms with Gasteiger partial charge in [0, 0.05) is 24.2 Å². The first-order chi connectivity index (χ1) is 6.11. The van der Waals surface area contributed by atoms with Crippen LogP contribution in [0.3, 0.4) is 0 Å². The highest BCUT2D eigenvalue weighted by molar-refractivity contribution is 5.22. The Morgan fingerprint density at radius 3 is 2.54 bits per heavy atom. The minimum absolute atomic E-state index is 0.447. The predicted molar refractivity (Wildman–Crippen MR) is 56.5 cm³/mol. The van der Waals surface area contributed by atoms with Gasteiger partial charge >= 0.3 is 0 Å². The molecule has 0 aliphatic carbocycles. The second kappa shape index (κ2) is 3.04. The van der Waals surface area contributed by atoms with E-state index in [1.807, 2.05) is 0 Å². The first kappa shape index (κ1) is 9.11. The van der Waals surface area contributed by atoms with E-state index in [4.69, 9.17) is 0 Å². The number of nitrogens with zero attached hydrogens (tertiary/aromatic N) is 1. The van der Waals surface area contributed by atoms with Crippen LogP contribution in [0.2, 0.25) is 0 Å². The molecule has 0 aromatic heterocycles. The lowest BCUT2D eigenvalue weighted by Crippen LogP contribution is -2.41. The van der Waals surface area contributed by atoms with Crippen LogP contribution in [0.25, 0.3) is 0 Å². The summed E-state index contributed by atoms with van der Waals surface area (Å²) in [7, 11) is 0. The fourth-order valence-electron chi connectivity index (χ4n) is 3.09. The van der Waals surface area contributed by atoms with E-state index in [0.717, 1.165) is 0 Å². The summed E-state index contributed by atoms with van der Waals surface area (Å²) in [5.74, 6) is 0. The maximum Gasteiger partial charge on any atom is 0.0179 e. The van der Waals surface area contributed by atoms with E-state index < -0.39 is 0 Å². The van der Waals surface area contributed by atoms with Gasteiger partial charge in [-0.1, -0.05) is 19.4 Å². The van der Waals surface area contributed by atoms with Crippen molar-refractivity contribution in [2.75, 3.05) is 13.1 Å². The molecule has 0 radical (unpaired) electrons.